The third-order valence-corrected chi connectivity index (χ3v) is 5.56. The summed E-state index contributed by atoms with van der Waals surface area (Å²) in [6, 6.07) is 4.30. The number of pyridine rings is 1. The first kappa shape index (κ1) is 24.9. The van der Waals surface area contributed by atoms with Crippen molar-refractivity contribution in [1.82, 2.24) is 15.2 Å². The van der Waals surface area contributed by atoms with Gasteiger partial charge in [0.15, 0.2) is 0 Å². The van der Waals surface area contributed by atoms with E-state index < -0.39 is 22.8 Å². The summed E-state index contributed by atoms with van der Waals surface area (Å²) in [7, 11) is 0. The fourth-order valence-corrected chi connectivity index (χ4v) is 3.95. The molecule has 3 amide bonds. The van der Waals surface area contributed by atoms with Gasteiger partial charge >= 0.3 is 12.2 Å². The average molecular weight is 501 g/mol. The first-order valence-corrected chi connectivity index (χ1v) is 10.9. The number of carbonyl (C=O) groups excluding carboxylic acids is 2. The van der Waals surface area contributed by atoms with Gasteiger partial charge in [-0.1, -0.05) is 29.3 Å². The zero-order valence-electron chi connectivity index (χ0n) is 17.6. The van der Waals surface area contributed by atoms with Gasteiger partial charge in [-0.15, -0.1) is 0 Å². The van der Waals surface area contributed by atoms with Crippen molar-refractivity contribution in [3.8, 4) is 0 Å². The third-order valence-electron chi connectivity index (χ3n) is 4.96. The maximum atomic E-state index is 12.8. The van der Waals surface area contributed by atoms with E-state index in [0.29, 0.717) is 35.8 Å². The Hall–Kier alpha value is -2.78. The van der Waals surface area contributed by atoms with Gasteiger partial charge in [0.05, 0.1) is 27.7 Å². The molecule has 0 atom stereocenters. The minimum absolute atomic E-state index is 0.115. The summed E-state index contributed by atoms with van der Waals surface area (Å²) in [6.45, 7) is 3.02. The molecular weight excluding hydrogens is 480 g/mol. The van der Waals surface area contributed by atoms with Gasteiger partial charge in [-0.2, -0.15) is 13.2 Å². The maximum absolute atomic E-state index is 12.8. The molecule has 0 aliphatic carbocycles. The standard InChI is InChI=1S/C22H21Cl2F3N4O2/c1-2-28-19(32)10-13-9-18(24)20(29-12-13)14-5-7-31(8-6-14)21(33)30-15-3-4-16(17(23)11-15)22(25,26)27/h3-5,9,11-12H,2,6-8,10H2,1H3,(H,28,32)(H,30,33). The Morgan fingerprint density at radius 1 is 1.18 bits per heavy atom. The van der Waals surface area contributed by atoms with Gasteiger partial charge in [-0.05, 0) is 48.7 Å². The normalized spacial score (nSPS) is 14.0. The van der Waals surface area contributed by atoms with Crippen LogP contribution in [-0.2, 0) is 17.4 Å². The Kier molecular flexibility index (Phi) is 7.86. The molecule has 0 bridgehead atoms. The summed E-state index contributed by atoms with van der Waals surface area (Å²) in [6.07, 6.45) is -0.473. The summed E-state index contributed by atoms with van der Waals surface area (Å²) in [5.74, 6) is -0.115. The molecule has 0 fully saturated rings. The molecular formula is C22H21Cl2F3N4O2. The minimum atomic E-state index is -4.57. The van der Waals surface area contributed by atoms with Crippen molar-refractivity contribution in [3.05, 3.63) is 63.4 Å². The molecule has 3 rings (SSSR count). The van der Waals surface area contributed by atoms with Crippen LogP contribution in [0.15, 0.2) is 36.5 Å². The number of anilines is 1. The molecule has 0 spiro atoms. The van der Waals surface area contributed by atoms with Gasteiger partial charge in [0.1, 0.15) is 0 Å². The Morgan fingerprint density at radius 2 is 1.94 bits per heavy atom. The van der Waals surface area contributed by atoms with Crippen LogP contribution in [0.4, 0.5) is 23.7 Å². The zero-order valence-corrected chi connectivity index (χ0v) is 19.1. The van der Waals surface area contributed by atoms with Crippen LogP contribution in [-0.4, -0.2) is 41.5 Å². The molecule has 1 aromatic carbocycles. The van der Waals surface area contributed by atoms with E-state index in [9.17, 15) is 22.8 Å². The topological polar surface area (TPSA) is 74.3 Å². The lowest BCUT2D eigenvalue weighted by atomic mass is 10.0. The van der Waals surface area contributed by atoms with Crippen LogP contribution < -0.4 is 10.6 Å². The second kappa shape index (κ2) is 10.4. The van der Waals surface area contributed by atoms with Crippen molar-refractivity contribution in [2.45, 2.75) is 25.9 Å². The fraction of sp³-hybridized carbons (Fsp3) is 0.318. The van der Waals surface area contributed by atoms with Crippen LogP contribution in [0.1, 0.15) is 30.2 Å². The lowest BCUT2D eigenvalue weighted by Crippen LogP contribution is -2.38. The number of urea groups is 1. The van der Waals surface area contributed by atoms with Crippen LogP contribution in [0.3, 0.4) is 0 Å². The molecule has 176 valence electrons. The van der Waals surface area contributed by atoms with E-state index in [0.717, 1.165) is 23.8 Å². The number of likely N-dealkylation sites (N-methyl/N-ethyl adjacent to an activating group) is 1. The highest BCUT2D eigenvalue weighted by Crippen LogP contribution is 2.36. The van der Waals surface area contributed by atoms with Gasteiger partial charge in [0, 0.05) is 31.5 Å². The first-order valence-electron chi connectivity index (χ1n) is 10.1. The predicted molar refractivity (Wildman–Crippen MR) is 121 cm³/mol. The zero-order chi connectivity index (χ0) is 24.2. The molecule has 2 N–H and O–H groups in total. The molecule has 2 heterocycles. The Bertz CT molecular complexity index is 1090. The van der Waals surface area contributed by atoms with Crippen molar-refractivity contribution in [1.29, 1.82) is 0 Å². The minimum Gasteiger partial charge on any atom is -0.356 e. The van der Waals surface area contributed by atoms with E-state index in [1.807, 2.05) is 13.0 Å². The SMILES string of the molecule is CCNC(=O)Cc1cnc(C2=CCN(C(=O)Nc3ccc(C(F)(F)F)c(Cl)c3)CC2)c(Cl)c1. The number of halogens is 5. The van der Waals surface area contributed by atoms with E-state index in [1.165, 1.54) is 4.90 Å². The van der Waals surface area contributed by atoms with Crippen molar-refractivity contribution in [2.24, 2.45) is 0 Å². The summed E-state index contributed by atoms with van der Waals surface area (Å²) in [5.41, 5.74) is 1.36. The van der Waals surface area contributed by atoms with Crippen LogP contribution in [0.5, 0.6) is 0 Å². The number of carbonyl (C=O) groups is 2. The van der Waals surface area contributed by atoms with Gasteiger partial charge in [-0.3, -0.25) is 9.78 Å². The van der Waals surface area contributed by atoms with Crippen LogP contribution in [0, 0.1) is 0 Å². The van der Waals surface area contributed by atoms with E-state index >= 15 is 0 Å². The highest BCUT2D eigenvalue weighted by molar-refractivity contribution is 6.32. The highest BCUT2D eigenvalue weighted by atomic mass is 35.5. The summed E-state index contributed by atoms with van der Waals surface area (Å²) < 4.78 is 38.5. The number of hydrogen-bond acceptors (Lipinski definition) is 3. The van der Waals surface area contributed by atoms with Crippen LogP contribution >= 0.6 is 23.2 Å². The van der Waals surface area contributed by atoms with Gasteiger partial charge in [0.2, 0.25) is 5.91 Å². The molecule has 33 heavy (non-hydrogen) atoms. The summed E-state index contributed by atoms with van der Waals surface area (Å²) in [5, 5.41) is 5.20. The largest absolute Gasteiger partial charge is 0.417 e. The Morgan fingerprint density at radius 3 is 2.52 bits per heavy atom. The smallest absolute Gasteiger partial charge is 0.356 e. The number of hydrogen-bond donors (Lipinski definition) is 2. The first-order chi connectivity index (χ1) is 15.6. The van der Waals surface area contributed by atoms with E-state index in [4.69, 9.17) is 23.2 Å². The van der Waals surface area contributed by atoms with Crippen molar-refractivity contribution in [2.75, 3.05) is 25.0 Å². The second-order valence-corrected chi connectivity index (χ2v) is 8.17. The van der Waals surface area contributed by atoms with Crippen molar-refractivity contribution in [3.63, 3.8) is 0 Å². The lowest BCUT2D eigenvalue weighted by Gasteiger charge is -2.27. The molecule has 2 aromatic rings. The molecule has 1 aliphatic heterocycles. The lowest BCUT2D eigenvalue weighted by molar-refractivity contribution is -0.137. The van der Waals surface area contributed by atoms with Crippen molar-refractivity contribution >= 4 is 46.4 Å². The Labute approximate surface area is 198 Å². The van der Waals surface area contributed by atoms with Gasteiger partial charge < -0.3 is 15.5 Å². The fourth-order valence-electron chi connectivity index (χ4n) is 3.35. The molecule has 6 nitrogen and oxygen atoms in total. The highest BCUT2D eigenvalue weighted by Gasteiger charge is 2.33. The molecule has 1 aromatic heterocycles. The summed E-state index contributed by atoms with van der Waals surface area (Å²) >= 11 is 12.1. The number of nitrogens with zero attached hydrogens (tertiary/aromatic N) is 2. The third kappa shape index (κ3) is 6.39. The van der Waals surface area contributed by atoms with Gasteiger partial charge in [-0.25, -0.2) is 4.79 Å². The molecule has 0 unspecified atom stereocenters. The monoisotopic (exact) mass is 500 g/mol. The predicted octanol–water partition coefficient (Wildman–Crippen LogP) is 5.41. The van der Waals surface area contributed by atoms with Crippen molar-refractivity contribution < 1.29 is 22.8 Å². The van der Waals surface area contributed by atoms with E-state index in [1.54, 1.807) is 12.3 Å². The molecule has 11 heteroatoms. The van der Waals surface area contributed by atoms with E-state index in [2.05, 4.69) is 15.6 Å². The molecule has 0 radical (unpaired) electrons. The average Bonchev–Trinajstić information content (AvgIpc) is 2.73. The maximum Gasteiger partial charge on any atom is 0.417 e. The number of benzene rings is 1. The molecule has 1 aliphatic rings. The van der Waals surface area contributed by atoms with Gasteiger partial charge in [0.25, 0.3) is 0 Å². The number of aromatic nitrogens is 1. The summed E-state index contributed by atoms with van der Waals surface area (Å²) in [4.78, 5) is 30.1. The molecule has 0 saturated heterocycles. The second-order valence-electron chi connectivity index (χ2n) is 7.35. The number of amides is 3. The Balaban J connectivity index is 1.63. The number of rotatable bonds is 5. The van der Waals surface area contributed by atoms with Crippen LogP contribution in [0.2, 0.25) is 10.0 Å². The quantitative estimate of drug-likeness (QED) is 0.576. The molecule has 0 saturated carbocycles. The number of nitrogens with one attached hydrogen (secondary N) is 2. The number of alkyl halides is 3. The van der Waals surface area contributed by atoms with E-state index in [-0.39, 0.29) is 24.6 Å². The van der Waals surface area contributed by atoms with Crippen LogP contribution in [0.25, 0.3) is 5.57 Å².